The first-order chi connectivity index (χ1) is 8.38. The van der Waals surface area contributed by atoms with Crippen molar-refractivity contribution in [2.75, 3.05) is 33.2 Å². The zero-order valence-electron chi connectivity index (χ0n) is 10.7. The summed E-state index contributed by atoms with van der Waals surface area (Å²) in [6, 6.07) is 0. The van der Waals surface area contributed by atoms with Gasteiger partial charge in [0.15, 0.2) is 0 Å². The van der Waals surface area contributed by atoms with Crippen molar-refractivity contribution in [3.8, 4) is 0 Å². The molecule has 1 N–H and O–H groups in total. The first-order valence-electron chi connectivity index (χ1n) is 6.69. The summed E-state index contributed by atoms with van der Waals surface area (Å²) in [5.74, 6) is 0. The maximum Gasteiger partial charge on any atom is 0.0940 e. The number of aromatic nitrogens is 1. The Morgan fingerprint density at radius 1 is 1.35 bits per heavy atom. The van der Waals surface area contributed by atoms with Crippen LogP contribution in [0.2, 0.25) is 0 Å². The third-order valence-corrected chi connectivity index (χ3v) is 4.41. The number of nitrogens with zero attached hydrogens (tertiary/aromatic N) is 2. The third kappa shape index (κ3) is 4.37. The molecule has 17 heavy (non-hydrogen) atoms. The van der Waals surface area contributed by atoms with Crippen LogP contribution in [0.25, 0.3) is 0 Å². The quantitative estimate of drug-likeness (QED) is 0.753. The Balaban J connectivity index is 1.69. The van der Waals surface area contributed by atoms with Crippen LogP contribution in [0.4, 0.5) is 0 Å². The van der Waals surface area contributed by atoms with Crippen molar-refractivity contribution in [2.45, 2.75) is 32.1 Å². The summed E-state index contributed by atoms with van der Waals surface area (Å²) in [6.45, 7) is 4.88. The van der Waals surface area contributed by atoms with E-state index in [0.717, 1.165) is 13.0 Å². The summed E-state index contributed by atoms with van der Waals surface area (Å²) in [4.78, 5) is 8.53. The highest BCUT2D eigenvalue weighted by atomic mass is 32.1. The zero-order valence-corrected chi connectivity index (χ0v) is 11.6. The van der Waals surface area contributed by atoms with E-state index in [0.29, 0.717) is 0 Å². The molecular formula is C13H23N3S. The molecule has 0 atom stereocenters. The van der Waals surface area contributed by atoms with Crippen LogP contribution in [0.1, 0.15) is 29.1 Å². The fraction of sp³-hybridized carbons (Fsp3) is 0.769. The minimum Gasteiger partial charge on any atom is -0.320 e. The van der Waals surface area contributed by atoms with Crippen LogP contribution in [0.3, 0.4) is 0 Å². The van der Waals surface area contributed by atoms with Crippen molar-refractivity contribution in [1.82, 2.24) is 15.2 Å². The molecule has 0 spiro atoms. The second kappa shape index (κ2) is 7.09. The highest BCUT2D eigenvalue weighted by Crippen LogP contribution is 2.16. The molecule has 3 nitrogen and oxygen atoms in total. The topological polar surface area (TPSA) is 28.2 Å². The minimum atomic E-state index is 1.10. The molecule has 1 aliphatic heterocycles. The van der Waals surface area contributed by atoms with E-state index in [1.54, 1.807) is 0 Å². The van der Waals surface area contributed by atoms with E-state index in [9.17, 15) is 0 Å². The Bertz CT molecular complexity index is 318. The molecule has 0 aliphatic carbocycles. The van der Waals surface area contributed by atoms with Crippen LogP contribution in [-0.2, 0) is 12.8 Å². The lowest BCUT2D eigenvalue weighted by atomic mass is 10.3. The molecule has 4 heteroatoms. The summed E-state index contributed by atoms with van der Waals surface area (Å²) < 4.78 is 0. The lowest BCUT2D eigenvalue weighted by Gasteiger charge is -2.12. The summed E-state index contributed by atoms with van der Waals surface area (Å²) in [5, 5.41) is 4.50. The van der Waals surface area contributed by atoms with Crippen molar-refractivity contribution in [3.63, 3.8) is 0 Å². The van der Waals surface area contributed by atoms with E-state index in [-0.39, 0.29) is 0 Å². The molecule has 2 rings (SSSR count). The summed E-state index contributed by atoms with van der Waals surface area (Å²) in [6.07, 6.45) is 8.35. The second-order valence-corrected chi connectivity index (χ2v) is 5.93. The molecule has 1 saturated heterocycles. The average molecular weight is 253 g/mol. The van der Waals surface area contributed by atoms with Gasteiger partial charge in [0.1, 0.15) is 0 Å². The molecule has 1 fully saturated rings. The van der Waals surface area contributed by atoms with Crippen LogP contribution >= 0.6 is 11.3 Å². The number of thiazole rings is 1. The van der Waals surface area contributed by atoms with Crippen LogP contribution in [0.15, 0.2) is 6.20 Å². The van der Waals surface area contributed by atoms with Gasteiger partial charge >= 0.3 is 0 Å². The van der Waals surface area contributed by atoms with E-state index < -0.39 is 0 Å². The monoisotopic (exact) mass is 253 g/mol. The maximum atomic E-state index is 4.53. The summed E-state index contributed by atoms with van der Waals surface area (Å²) >= 11 is 1.90. The van der Waals surface area contributed by atoms with Crippen molar-refractivity contribution >= 4 is 11.3 Å². The van der Waals surface area contributed by atoms with Gasteiger partial charge in [-0.3, -0.25) is 0 Å². The average Bonchev–Trinajstić information content (AvgIpc) is 2.98. The Morgan fingerprint density at radius 2 is 2.18 bits per heavy atom. The third-order valence-electron chi connectivity index (χ3n) is 3.29. The van der Waals surface area contributed by atoms with E-state index in [4.69, 9.17) is 0 Å². The van der Waals surface area contributed by atoms with Crippen molar-refractivity contribution in [2.24, 2.45) is 0 Å². The first kappa shape index (κ1) is 13.0. The Labute approximate surface area is 108 Å². The van der Waals surface area contributed by atoms with E-state index in [1.807, 2.05) is 18.4 Å². The van der Waals surface area contributed by atoms with Crippen molar-refractivity contribution < 1.29 is 0 Å². The van der Waals surface area contributed by atoms with Crippen LogP contribution in [-0.4, -0.2) is 43.1 Å². The van der Waals surface area contributed by atoms with Gasteiger partial charge in [0, 0.05) is 24.0 Å². The predicted molar refractivity (Wildman–Crippen MR) is 73.7 cm³/mol. The first-order valence-corrected chi connectivity index (χ1v) is 7.50. The molecule has 96 valence electrons. The van der Waals surface area contributed by atoms with Gasteiger partial charge in [0.05, 0.1) is 5.01 Å². The van der Waals surface area contributed by atoms with E-state index in [2.05, 4.69) is 21.4 Å². The highest BCUT2D eigenvalue weighted by Gasteiger charge is 2.11. The fourth-order valence-corrected chi connectivity index (χ4v) is 3.23. The zero-order chi connectivity index (χ0) is 11.9. The molecule has 2 heterocycles. The van der Waals surface area contributed by atoms with E-state index in [1.165, 1.54) is 55.2 Å². The standard InChI is InChI=1S/C13H23N3S/c1-14-7-4-5-12-11-15-13(17-12)6-10-16-8-2-3-9-16/h11,14H,2-10H2,1H3. The fourth-order valence-electron chi connectivity index (χ4n) is 2.28. The molecule has 0 radical (unpaired) electrons. The lowest BCUT2D eigenvalue weighted by molar-refractivity contribution is 0.343. The number of hydrogen-bond donors (Lipinski definition) is 1. The molecule has 0 saturated carbocycles. The maximum absolute atomic E-state index is 4.53. The molecule has 0 bridgehead atoms. The number of nitrogens with one attached hydrogen (secondary N) is 1. The largest absolute Gasteiger partial charge is 0.320 e. The molecule has 0 aromatic carbocycles. The van der Waals surface area contributed by atoms with Gasteiger partial charge in [0.2, 0.25) is 0 Å². The van der Waals surface area contributed by atoms with Crippen molar-refractivity contribution in [1.29, 1.82) is 0 Å². The van der Waals surface area contributed by atoms with Gasteiger partial charge in [-0.15, -0.1) is 11.3 Å². The molecule has 1 aromatic rings. The SMILES string of the molecule is CNCCCc1cnc(CCN2CCCC2)s1. The van der Waals surface area contributed by atoms with Gasteiger partial charge in [-0.1, -0.05) is 0 Å². The molecule has 0 unspecified atom stereocenters. The van der Waals surface area contributed by atoms with Gasteiger partial charge in [0.25, 0.3) is 0 Å². The van der Waals surface area contributed by atoms with E-state index >= 15 is 0 Å². The molecular weight excluding hydrogens is 230 g/mol. The van der Waals surface area contributed by atoms with Gasteiger partial charge in [-0.05, 0) is 52.4 Å². The smallest absolute Gasteiger partial charge is 0.0940 e. The lowest BCUT2D eigenvalue weighted by Crippen LogP contribution is -2.21. The summed E-state index contributed by atoms with van der Waals surface area (Å²) in [5.41, 5.74) is 0. The normalized spacial score (nSPS) is 16.8. The highest BCUT2D eigenvalue weighted by molar-refractivity contribution is 7.11. The number of likely N-dealkylation sites (tertiary alicyclic amines) is 1. The number of rotatable bonds is 7. The van der Waals surface area contributed by atoms with Crippen LogP contribution in [0.5, 0.6) is 0 Å². The van der Waals surface area contributed by atoms with Gasteiger partial charge in [-0.2, -0.15) is 0 Å². The molecule has 1 aromatic heterocycles. The van der Waals surface area contributed by atoms with Crippen LogP contribution < -0.4 is 5.32 Å². The second-order valence-electron chi connectivity index (χ2n) is 4.73. The summed E-state index contributed by atoms with van der Waals surface area (Å²) in [7, 11) is 2.01. The predicted octanol–water partition coefficient (Wildman–Crippen LogP) is 1.93. The van der Waals surface area contributed by atoms with Gasteiger partial charge < -0.3 is 10.2 Å². The molecule has 0 amide bonds. The Kier molecular flexibility index (Phi) is 5.42. The minimum absolute atomic E-state index is 1.10. The molecule has 1 aliphatic rings. The van der Waals surface area contributed by atoms with Crippen LogP contribution in [0, 0.1) is 0 Å². The number of aryl methyl sites for hydroxylation is 1. The van der Waals surface area contributed by atoms with Crippen molar-refractivity contribution in [3.05, 3.63) is 16.1 Å². The number of hydrogen-bond acceptors (Lipinski definition) is 4. The Hall–Kier alpha value is -0.450. The Morgan fingerprint density at radius 3 is 2.94 bits per heavy atom. The van der Waals surface area contributed by atoms with Gasteiger partial charge in [-0.25, -0.2) is 4.98 Å².